The van der Waals surface area contributed by atoms with Gasteiger partial charge in [-0.2, -0.15) is 0 Å². The van der Waals surface area contributed by atoms with Crippen LogP contribution in [0.1, 0.15) is 31.5 Å². The van der Waals surface area contributed by atoms with E-state index in [0.29, 0.717) is 0 Å². The highest BCUT2D eigenvalue weighted by Gasteiger charge is 2.42. The summed E-state index contributed by atoms with van der Waals surface area (Å²) in [5, 5.41) is 12.9. The third-order valence-electron chi connectivity index (χ3n) is 5.39. The van der Waals surface area contributed by atoms with E-state index in [9.17, 15) is 19.5 Å². The van der Waals surface area contributed by atoms with Gasteiger partial charge in [0.25, 0.3) is 5.91 Å². The Morgan fingerprint density at radius 3 is 2.56 bits per heavy atom. The topological polar surface area (TPSA) is 135 Å². The number of hydrogen-bond acceptors (Lipinski definition) is 7. The molecule has 10 heteroatoms. The summed E-state index contributed by atoms with van der Waals surface area (Å²) in [5.74, 6) is -1.25. The Bertz CT molecular complexity index is 975. The zero-order valence-corrected chi connectivity index (χ0v) is 19.1. The minimum Gasteiger partial charge on any atom is -0.436 e. The predicted octanol–water partition coefficient (Wildman–Crippen LogP) is 1.82. The van der Waals surface area contributed by atoms with Crippen LogP contribution in [0.5, 0.6) is 0 Å². The number of carbonyl (C=O) groups excluding carboxylic acids is 3. The first-order valence-electron chi connectivity index (χ1n) is 10.4. The molecular formula is C22H28N4O5S. The van der Waals surface area contributed by atoms with Crippen LogP contribution in [0.4, 0.5) is 4.79 Å². The summed E-state index contributed by atoms with van der Waals surface area (Å²) >= 11 is 1.57. The minimum absolute atomic E-state index is 0.00877. The van der Waals surface area contributed by atoms with E-state index in [1.54, 1.807) is 30.7 Å². The fraction of sp³-hybridized carbons (Fsp3) is 0.455. The van der Waals surface area contributed by atoms with E-state index in [2.05, 4.69) is 10.3 Å². The van der Waals surface area contributed by atoms with Crippen LogP contribution >= 0.6 is 11.3 Å². The second kappa shape index (κ2) is 10.1. The Labute approximate surface area is 190 Å². The molecule has 9 nitrogen and oxygen atoms in total. The highest BCUT2D eigenvalue weighted by Crippen LogP contribution is 2.27. The van der Waals surface area contributed by atoms with E-state index in [4.69, 9.17) is 10.5 Å². The summed E-state index contributed by atoms with van der Waals surface area (Å²) in [6.45, 7) is 5.66. The van der Waals surface area contributed by atoms with Crippen molar-refractivity contribution in [3.05, 3.63) is 41.0 Å². The molecule has 2 aromatic rings. The first kappa shape index (κ1) is 23.7. The van der Waals surface area contributed by atoms with E-state index < -0.39 is 30.3 Å². The molecule has 3 amide bonds. The number of aliphatic hydroxyl groups excluding tert-OH is 1. The number of β-amino-alcohol motifs (C(OH)–C–C–N with tert-alkyl or cyclic N) is 1. The zero-order valence-electron chi connectivity index (χ0n) is 18.3. The van der Waals surface area contributed by atoms with Crippen molar-refractivity contribution < 1.29 is 24.2 Å². The molecule has 0 aliphatic carbocycles. The van der Waals surface area contributed by atoms with Crippen molar-refractivity contribution >= 4 is 29.2 Å². The Morgan fingerprint density at radius 2 is 2.00 bits per heavy atom. The number of nitrogens with one attached hydrogen (secondary N) is 1. The molecule has 172 valence electrons. The van der Waals surface area contributed by atoms with Crippen LogP contribution in [0.2, 0.25) is 0 Å². The summed E-state index contributed by atoms with van der Waals surface area (Å²) in [6, 6.07) is 6.96. The number of primary amides is 1. The lowest BCUT2D eigenvalue weighted by atomic mass is 10.1. The molecule has 0 bridgehead atoms. The Balaban J connectivity index is 1.64. The molecule has 1 unspecified atom stereocenters. The number of carbonyl (C=O) groups is 3. The van der Waals surface area contributed by atoms with Gasteiger partial charge in [-0.15, -0.1) is 11.3 Å². The molecule has 3 rings (SSSR count). The number of nitrogens with zero attached hydrogens (tertiary/aromatic N) is 2. The maximum absolute atomic E-state index is 12.9. The monoisotopic (exact) mass is 460 g/mol. The molecule has 1 aliphatic rings. The SMILES string of the molecule is Cc1ncsc1-c1ccc(CNC(=O)[C@@H]2C[C@@H](O)CN2C(=O)C(OC(N)=O)C(C)C)cc1. The highest BCUT2D eigenvalue weighted by atomic mass is 32.1. The van der Waals surface area contributed by atoms with Gasteiger partial charge >= 0.3 is 6.09 Å². The molecule has 32 heavy (non-hydrogen) atoms. The van der Waals surface area contributed by atoms with Gasteiger partial charge in [-0.05, 0) is 24.0 Å². The molecule has 1 fully saturated rings. The van der Waals surface area contributed by atoms with Gasteiger partial charge in [-0.25, -0.2) is 9.78 Å². The number of nitrogens with two attached hydrogens (primary N) is 1. The number of rotatable bonds is 7. The zero-order chi connectivity index (χ0) is 23.4. The molecule has 1 saturated heterocycles. The standard InChI is InChI=1S/C22H28N4O5S/c1-12(2)18(31-22(23)30)21(29)26-10-16(27)8-17(26)20(28)24-9-14-4-6-15(7-5-14)19-13(3)25-11-32-19/h4-7,11-12,16-18,27H,8-10H2,1-3H3,(H2,23,30)(H,24,28)/t16-,17+,18?/m1/s1. The van der Waals surface area contributed by atoms with Crippen LogP contribution < -0.4 is 11.1 Å². The second-order valence-corrected chi connectivity index (χ2v) is 9.03. The summed E-state index contributed by atoms with van der Waals surface area (Å²) < 4.78 is 4.96. The molecule has 3 atom stereocenters. The summed E-state index contributed by atoms with van der Waals surface area (Å²) in [5.41, 5.74) is 9.83. The van der Waals surface area contributed by atoms with Crippen molar-refractivity contribution in [3.8, 4) is 10.4 Å². The second-order valence-electron chi connectivity index (χ2n) is 8.18. The maximum Gasteiger partial charge on any atom is 0.405 e. The smallest absolute Gasteiger partial charge is 0.405 e. The largest absolute Gasteiger partial charge is 0.436 e. The molecular weight excluding hydrogens is 432 g/mol. The van der Waals surface area contributed by atoms with E-state index in [0.717, 1.165) is 21.7 Å². The van der Waals surface area contributed by atoms with Crippen LogP contribution in [-0.2, 0) is 20.9 Å². The quantitative estimate of drug-likeness (QED) is 0.577. The number of hydrogen-bond donors (Lipinski definition) is 3. The minimum atomic E-state index is -1.11. The third-order valence-corrected chi connectivity index (χ3v) is 6.36. The van der Waals surface area contributed by atoms with Crippen molar-refractivity contribution in [2.24, 2.45) is 11.7 Å². The molecule has 1 aromatic heterocycles. The number of aryl methyl sites for hydroxylation is 1. The number of benzene rings is 1. The lowest BCUT2D eigenvalue weighted by Gasteiger charge is -2.29. The summed E-state index contributed by atoms with van der Waals surface area (Å²) in [7, 11) is 0. The first-order valence-corrected chi connectivity index (χ1v) is 11.3. The van der Waals surface area contributed by atoms with Crippen LogP contribution in [0, 0.1) is 12.8 Å². The van der Waals surface area contributed by atoms with Gasteiger partial charge in [0, 0.05) is 19.5 Å². The van der Waals surface area contributed by atoms with Crippen molar-refractivity contribution in [1.29, 1.82) is 0 Å². The Kier molecular flexibility index (Phi) is 7.47. The third kappa shape index (κ3) is 5.43. The van der Waals surface area contributed by atoms with Gasteiger partial charge in [0.15, 0.2) is 6.10 Å². The van der Waals surface area contributed by atoms with Crippen LogP contribution in [-0.4, -0.2) is 57.7 Å². The number of ether oxygens (including phenoxy) is 1. The van der Waals surface area contributed by atoms with Gasteiger partial charge in [0.05, 0.1) is 22.2 Å². The number of aliphatic hydroxyl groups is 1. The average Bonchev–Trinajstić information content (AvgIpc) is 3.35. The lowest BCUT2D eigenvalue weighted by molar-refractivity contribution is -0.147. The number of likely N-dealkylation sites (tertiary alicyclic amines) is 1. The maximum atomic E-state index is 12.9. The Morgan fingerprint density at radius 1 is 1.31 bits per heavy atom. The van der Waals surface area contributed by atoms with Crippen molar-refractivity contribution in [2.75, 3.05) is 6.54 Å². The number of amides is 3. The highest BCUT2D eigenvalue weighted by molar-refractivity contribution is 7.13. The van der Waals surface area contributed by atoms with Crippen molar-refractivity contribution in [2.45, 2.75) is 52.0 Å². The summed E-state index contributed by atoms with van der Waals surface area (Å²) in [6.07, 6.45) is -2.90. The van der Waals surface area contributed by atoms with Crippen LogP contribution in [0.25, 0.3) is 10.4 Å². The Hall–Kier alpha value is -2.98. The molecule has 4 N–H and O–H groups in total. The van der Waals surface area contributed by atoms with E-state index in [1.165, 1.54) is 4.90 Å². The fourth-order valence-electron chi connectivity index (χ4n) is 3.73. The van der Waals surface area contributed by atoms with Gasteiger partial charge in [0.2, 0.25) is 5.91 Å². The van der Waals surface area contributed by atoms with Gasteiger partial charge in [0.1, 0.15) is 6.04 Å². The van der Waals surface area contributed by atoms with Crippen LogP contribution in [0.3, 0.4) is 0 Å². The number of aromatic nitrogens is 1. The molecule has 0 radical (unpaired) electrons. The van der Waals surface area contributed by atoms with E-state index >= 15 is 0 Å². The van der Waals surface area contributed by atoms with Gasteiger partial charge in [-0.1, -0.05) is 38.1 Å². The van der Waals surface area contributed by atoms with Crippen molar-refractivity contribution in [1.82, 2.24) is 15.2 Å². The van der Waals surface area contributed by atoms with Gasteiger partial charge < -0.3 is 25.8 Å². The fourth-order valence-corrected chi connectivity index (χ4v) is 4.54. The first-order chi connectivity index (χ1) is 15.2. The van der Waals surface area contributed by atoms with Gasteiger partial charge in [-0.3, -0.25) is 9.59 Å². The molecule has 2 heterocycles. The molecule has 1 aromatic carbocycles. The molecule has 1 aliphatic heterocycles. The summed E-state index contributed by atoms with van der Waals surface area (Å²) in [4.78, 5) is 43.6. The van der Waals surface area contributed by atoms with E-state index in [-0.39, 0.29) is 31.3 Å². The average molecular weight is 461 g/mol. The molecule has 0 saturated carbocycles. The van der Waals surface area contributed by atoms with E-state index in [1.807, 2.05) is 31.2 Å². The normalized spacial score (nSPS) is 19.1. The van der Waals surface area contributed by atoms with Crippen LogP contribution in [0.15, 0.2) is 29.8 Å². The predicted molar refractivity (Wildman–Crippen MR) is 120 cm³/mol. The molecule has 0 spiro atoms. The number of thiazole rings is 1. The lowest BCUT2D eigenvalue weighted by Crippen LogP contribution is -2.51. The van der Waals surface area contributed by atoms with Crippen molar-refractivity contribution in [3.63, 3.8) is 0 Å².